The lowest BCUT2D eigenvalue weighted by molar-refractivity contribution is -0.165. The Morgan fingerprint density at radius 3 is 1.93 bits per heavy atom. The lowest BCUT2D eigenvalue weighted by Gasteiger charge is -2.49. The summed E-state index contributed by atoms with van der Waals surface area (Å²) in [6.07, 6.45) is -5.86. The molecule has 4 unspecified atom stereocenters. The summed E-state index contributed by atoms with van der Waals surface area (Å²) in [5, 5.41) is -2.71. The second-order valence-electron chi connectivity index (χ2n) is 9.21. The van der Waals surface area contributed by atoms with E-state index in [0.717, 1.165) is 6.42 Å². The van der Waals surface area contributed by atoms with E-state index in [2.05, 4.69) is 0 Å². The number of hydrogen-bond donors (Lipinski definition) is 0. The number of carbonyl (C=O) groups excluding carboxylic acids is 1. The smallest absolute Gasteiger partial charge is 0.315 e. The van der Waals surface area contributed by atoms with Crippen LogP contribution in [0.5, 0.6) is 0 Å². The van der Waals surface area contributed by atoms with Crippen LogP contribution in [0.25, 0.3) is 0 Å². The Morgan fingerprint density at radius 2 is 1.47 bits per heavy atom. The van der Waals surface area contributed by atoms with E-state index in [0.29, 0.717) is 18.9 Å². The Balaban J connectivity index is 1.52. The minimum Gasteiger partial charge on any atom is -0.462 e. The summed E-state index contributed by atoms with van der Waals surface area (Å²) in [5.41, 5.74) is 0. The summed E-state index contributed by atoms with van der Waals surface area (Å²) < 4.78 is 104. The first-order valence-corrected chi connectivity index (χ1v) is 12.5. The highest BCUT2D eigenvalue weighted by atomic mass is 32.5. The molecule has 2 saturated carbocycles. The van der Waals surface area contributed by atoms with Gasteiger partial charge < -0.3 is 9.47 Å². The minimum atomic E-state index is -9.59. The molecule has 0 N–H and O–H groups in total. The van der Waals surface area contributed by atoms with Crippen LogP contribution in [0.2, 0.25) is 0 Å². The molecule has 0 radical (unpaired) electrons. The topological polar surface area (TPSA) is 35.5 Å². The van der Waals surface area contributed by atoms with Crippen molar-refractivity contribution >= 4 is 16.2 Å². The van der Waals surface area contributed by atoms with Crippen molar-refractivity contribution in [1.29, 1.82) is 0 Å². The van der Waals surface area contributed by atoms with Gasteiger partial charge in [-0.25, -0.2) is 8.78 Å². The quantitative estimate of drug-likeness (QED) is 0.341. The van der Waals surface area contributed by atoms with Crippen LogP contribution >= 0.6 is 10.2 Å². The Morgan fingerprint density at radius 1 is 0.900 bits per heavy atom. The maximum atomic E-state index is 14.7. The molecule has 2 aliphatic carbocycles. The number of esters is 1. The van der Waals surface area contributed by atoms with Crippen LogP contribution in [0.3, 0.4) is 0 Å². The third kappa shape index (κ3) is 5.75. The SMILES string of the molecule is CC1CCC(C2CC(F)C(C(=O)OC3CCC(S(F)(F)(F)(F)F)CC3)C(F)C2)OC1. The first kappa shape index (κ1) is 23.9. The zero-order valence-electron chi connectivity index (χ0n) is 16.8. The van der Waals surface area contributed by atoms with Gasteiger partial charge in [-0.2, -0.15) is 0 Å². The summed E-state index contributed by atoms with van der Waals surface area (Å²) in [4.78, 5) is 12.3. The molecular weight excluding hydrogens is 441 g/mol. The largest absolute Gasteiger partial charge is 0.462 e. The number of alkyl halides is 2. The highest BCUT2D eigenvalue weighted by molar-refractivity contribution is 8.46. The van der Waals surface area contributed by atoms with Crippen LogP contribution in [-0.4, -0.2) is 42.4 Å². The molecular formula is C19H29F7O3S. The molecule has 30 heavy (non-hydrogen) atoms. The van der Waals surface area contributed by atoms with E-state index >= 15 is 0 Å². The van der Waals surface area contributed by atoms with Crippen molar-refractivity contribution in [2.45, 2.75) is 88.1 Å². The van der Waals surface area contributed by atoms with Gasteiger partial charge in [-0.3, -0.25) is 4.79 Å². The Labute approximate surface area is 171 Å². The van der Waals surface area contributed by atoms with Crippen molar-refractivity contribution in [2.24, 2.45) is 17.8 Å². The van der Waals surface area contributed by atoms with Crippen molar-refractivity contribution < 1.29 is 42.5 Å². The Kier molecular flexibility index (Phi) is 6.15. The molecule has 0 spiro atoms. The van der Waals surface area contributed by atoms with Gasteiger partial charge >= 0.3 is 5.97 Å². The number of carbonyl (C=O) groups is 1. The lowest BCUT2D eigenvalue weighted by Crippen LogP contribution is -2.46. The number of hydrogen-bond acceptors (Lipinski definition) is 3. The molecule has 3 aliphatic rings. The molecule has 3 nitrogen and oxygen atoms in total. The summed E-state index contributed by atoms with van der Waals surface area (Å²) in [6, 6.07) is 0. The maximum Gasteiger partial charge on any atom is 0.315 e. The molecule has 0 amide bonds. The van der Waals surface area contributed by atoms with Gasteiger partial charge in [-0.1, -0.05) is 26.4 Å². The third-order valence-electron chi connectivity index (χ3n) is 6.71. The van der Waals surface area contributed by atoms with E-state index in [1.807, 2.05) is 6.92 Å². The average Bonchev–Trinajstić information content (AvgIpc) is 2.60. The van der Waals surface area contributed by atoms with Gasteiger partial charge in [0.2, 0.25) is 0 Å². The average molecular weight is 470 g/mol. The fourth-order valence-corrected chi connectivity index (χ4v) is 6.07. The van der Waals surface area contributed by atoms with E-state index in [-0.39, 0.29) is 24.9 Å². The van der Waals surface area contributed by atoms with E-state index < -0.39 is 71.5 Å². The second kappa shape index (κ2) is 7.71. The standard InChI is InChI=1S/C19H29F7O3S/c1-11-2-7-17(28-10-11)12-8-15(20)18(16(21)9-12)19(27)29-13-3-5-14(6-4-13)30(22,23,24,25)26/h11-18H,2-10H2,1H3. The normalized spacial score (nSPS) is 43.3. The zero-order valence-corrected chi connectivity index (χ0v) is 17.6. The van der Waals surface area contributed by atoms with Crippen LogP contribution in [0.4, 0.5) is 28.2 Å². The predicted molar refractivity (Wildman–Crippen MR) is 99.4 cm³/mol. The minimum absolute atomic E-state index is 0.0454. The van der Waals surface area contributed by atoms with E-state index in [1.165, 1.54) is 0 Å². The molecule has 11 heteroatoms. The third-order valence-corrected chi connectivity index (χ3v) is 8.44. The molecule has 0 aromatic heterocycles. The van der Waals surface area contributed by atoms with E-state index in [1.54, 1.807) is 0 Å². The monoisotopic (exact) mass is 470 g/mol. The molecule has 3 fully saturated rings. The van der Waals surface area contributed by atoms with Gasteiger partial charge in [0.25, 0.3) is 10.2 Å². The second-order valence-corrected chi connectivity index (χ2v) is 11.9. The molecule has 1 heterocycles. The van der Waals surface area contributed by atoms with Gasteiger partial charge in [0.15, 0.2) is 0 Å². The van der Waals surface area contributed by atoms with Crippen molar-refractivity contribution in [2.75, 3.05) is 6.61 Å². The van der Waals surface area contributed by atoms with Crippen molar-refractivity contribution in [3.05, 3.63) is 0 Å². The number of rotatable bonds is 4. The highest BCUT2D eigenvalue weighted by Crippen LogP contribution is 3.01. The molecule has 3 rings (SSSR count). The van der Waals surface area contributed by atoms with Crippen LogP contribution in [0.15, 0.2) is 0 Å². The highest BCUT2D eigenvalue weighted by Gasteiger charge is 2.69. The maximum absolute atomic E-state index is 14.7. The zero-order chi connectivity index (χ0) is 22.4. The summed E-state index contributed by atoms with van der Waals surface area (Å²) in [5.74, 6) is -2.73. The van der Waals surface area contributed by atoms with Gasteiger partial charge in [-0.05, 0) is 63.2 Å². The molecule has 0 bridgehead atoms. The fraction of sp³-hybridized carbons (Fsp3) is 0.947. The number of ether oxygens (including phenoxy) is 2. The first-order valence-electron chi connectivity index (χ1n) is 10.5. The van der Waals surface area contributed by atoms with E-state index in [9.17, 15) is 33.0 Å². The van der Waals surface area contributed by atoms with Gasteiger partial charge in [0.05, 0.1) is 11.4 Å². The fourth-order valence-electron chi connectivity index (χ4n) is 4.91. The van der Waals surface area contributed by atoms with Crippen LogP contribution in [0, 0.1) is 17.8 Å². The Bertz CT molecular complexity index is 616. The van der Waals surface area contributed by atoms with Crippen molar-refractivity contribution in [3.8, 4) is 0 Å². The Hall–Kier alpha value is -0.710. The van der Waals surface area contributed by atoms with Crippen LogP contribution in [0.1, 0.15) is 58.3 Å². The van der Waals surface area contributed by atoms with Crippen molar-refractivity contribution in [1.82, 2.24) is 0 Å². The molecule has 0 aromatic rings. The summed E-state index contributed by atoms with van der Waals surface area (Å²) >= 11 is 0. The molecule has 4 atom stereocenters. The number of halogens is 7. The van der Waals surface area contributed by atoms with Crippen LogP contribution < -0.4 is 0 Å². The summed E-state index contributed by atoms with van der Waals surface area (Å²) in [7, 11) is -9.59. The first-order chi connectivity index (χ1) is 13.6. The summed E-state index contributed by atoms with van der Waals surface area (Å²) in [6.45, 7) is 2.56. The molecule has 178 valence electrons. The molecule has 1 saturated heterocycles. The van der Waals surface area contributed by atoms with Gasteiger partial charge in [0.1, 0.15) is 24.4 Å². The van der Waals surface area contributed by atoms with E-state index in [4.69, 9.17) is 9.47 Å². The molecule has 1 aliphatic heterocycles. The van der Waals surface area contributed by atoms with Gasteiger partial charge in [-0.15, -0.1) is 0 Å². The predicted octanol–water partition coefficient (Wildman–Crippen LogP) is 6.66. The molecule has 0 aromatic carbocycles. The van der Waals surface area contributed by atoms with Gasteiger partial charge in [0, 0.05) is 6.61 Å². The van der Waals surface area contributed by atoms with Crippen LogP contribution in [-0.2, 0) is 14.3 Å². The van der Waals surface area contributed by atoms with Crippen molar-refractivity contribution in [3.63, 3.8) is 0 Å². The lowest BCUT2D eigenvalue weighted by atomic mass is 9.75.